The average Bonchev–Trinajstić information content (AvgIpc) is 2.59. The summed E-state index contributed by atoms with van der Waals surface area (Å²) in [7, 11) is 1.25. The van der Waals surface area contributed by atoms with Gasteiger partial charge in [-0.3, -0.25) is 4.79 Å². The summed E-state index contributed by atoms with van der Waals surface area (Å²) >= 11 is 0. The van der Waals surface area contributed by atoms with Gasteiger partial charge in [0.1, 0.15) is 5.75 Å². The number of ether oxygens (including phenoxy) is 2. The number of rotatable bonds is 5. The van der Waals surface area contributed by atoms with Crippen LogP contribution in [-0.2, 0) is 15.7 Å². The number of alkyl halides is 3. The summed E-state index contributed by atoms with van der Waals surface area (Å²) in [5.41, 5.74) is -0.516. The molecule has 2 aromatic rings. The van der Waals surface area contributed by atoms with E-state index in [9.17, 15) is 22.8 Å². The molecule has 0 atom stereocenters. The lowest BCUT2D eigenvalue weighted by Gasteiger charge is -2.10. The molecule has 0 unspecified atom stereocenters. The molecule has 1 N–H and O–H groups in total. The molecule has 5 nitrogen and oxygen atoms in total. The van der Waals surface area contributed by atoms with Crippen LogP contribution in [0.2, 0.25) is 0 Å². The van der Waals surface area contributed by atoms with Crippen LogP contribution < -0.4 is 10.1 Å². The molecule has 0 fully saturated rings. The number of benzene rings is 2. The van der Waals surface area contributed by atoms with Crippen LogP contribution in [0.4, 0.5) is 18.9 Å². The Morgan fingerprint density at radius 3 is 2.36 bits per heavy atom. The normalized spacial score (nSPS) is 10.9. The zero-order chi connectivity index (χ0) is 18.4. The van der Waals surface area contributed by atoms with Crippen LogP contribution in [-0.4, -0.2) is 25.6 Å². The second-order valence-corrected chi connectivity index (χ2v) is 4.93. The molecule has 8 heteroatoms. The molecule has 0 saturated heterocycles. The van der Waals surface area contributed by atoms with Crippen molar-refractivity contribution in [1.29, 1.82) is 0 Å². The molecule has 0 bridgehead atoms. The van der Waals surface area contributed by atoms with Crippen LogP contribution in [0.3, 0.4) is 0 Å². The number of amides is 1. The Kier molecular flexibility index (Phi) is 5.63. The third-order valence-corrected chi connectivity index (χ3v) is 3.12. The van der Waals surface area contributed by atoms with Crippen molar-refractivity contribution >= 4 is 17.6 Å². The molecule has 1 amide bonds. The Hall–Kier alpha value is -3.03. The number of anilines is 1. The van der Waals surface area contributed by atoms with Crippen molar-refractivity contribution in [1.82, 2.24) is 0 Å². The van der Waals surface area contributed by atoms with Gasteiger partial charge in [-0.2, -0.15) is 13.2 Å². The van der Waals surface area contributed by atoms with Crippen LogP contribution in [0.1, 0.15) is 15.9 Å². The average molecular weight is 353 g/mol. The molecule has 2 rings (SSSR count). The van der Waals surface area contributed by atoms with Crippen LogP contribution >= 0.6 is 0 Å². The first-order chi connectivity index (χ1) is 11.8. The lowest BCUT2D eigenvalue weighted by molar-refractivity contribution is -0.137. The third kappa shape index (κ3) is 5.23. The van der Waals surface area contributed by atoms with Gasteiger partial charge in [0.2, 0.25) is 0 Å². The third-order valence-electron chi connectivity index (χ3n) is 3.12. The molecule has 2 aromatic carbocycles. The Bertz CT molecular complexity index is 757. The fourth-order valence-electron chi connectivity index (χ4n) is 1.92. The standard InChI is InChI=1S/C17H14F3NO4/c1-24-16(23)11-5-7-14(8-6-11)25-10-15(22)21-13-4-2-3-12(9-13)17(18,19)20/h2-9H,10H2,1H3,(H,21,22). The van der Waals surface area contributed by atoms with Crippen molar-refractivity contribution in [3.63, 3.8) is 0 Å². The van der Waals surface area contributed by atoms with E-state index in [1.54, 1.807) is 0 Å². The van der Waals surface area contributed by atoms with Gasteiger partial charge in [0.15, 0.2) is 6.61 Å². The summed E-state index contributed by atoms with van der Waals surface area (Å²) in [6, 6.07) is 10.2. The van der Waals surface area contributed by atoms with E-state index < -0.39 is 30.2 Å². The first-order valence-corrected chi connectivity index (χ1v) is 7.08. The maximum atomic E-state index is 12.6. The van der Waals surface area contributed by atoms with Gasteiger partial charge in [-0.25, -0.2) is 4.79 Å². The van der Waals surface area contributed by atoms with Gasteiger partial charge in [0, 0.05) is 5.69 Å². The van der Waals surface area contributed by atoms with Crippen LogP contribution in [0, 0.1) is 0 Å². The van der Waals surface area contributed by atoms with E-state index in [2.05, 4.69) is 10.1 Å². The van der Waals surface area contributed by atoms with Gasteiger partial charge >= 0.3 is 12.1 Å². The van der Waals surface area contributed by atoms with Crippen molar-refractivity contribution in [3.8, 4) is 5.75 Å². The fraction of sp³-hybridized carbons (Fsp3) is 0.176. The minimum absolute atomic E-state index is 0.0180. The molecule has 0 saturated carbocycles. The van der Waals surface area contributed by atoms with Crippen LogP contribution in [0.25, 0.3) is 0 Å². The highest BCUT2D eigenvalue weighted by Crippen LogP contribution is 2.30. The van der Waals surface area contributed by atoms with Crippen molar-refractivity contribution in [2.24, 2.45) is 0 Å². The number of hydrogen-bond donors (Lipinski definition) is 1. The van der Waals surface area contributed by atoms with Crippen LogP contribution in [0.15, 0.2) is 48.5 Å². The van der Waals surface area contributed by atoms with E-state index in [4.69, 9.17) is 4.74 Å². The predicted molar refractivity (Wildman–Crippen MR) is 83.4 cm³/mol. The maximum Gasteiger partial charge on any atom is 0.416 e. The monoisotopic (exact) mass is 353 g/mol. The molecular formula is C17H14F3NO4. The number of carbonyl (C=O) groups is 2. The van der Waals surface area contributed by atoms with Crippen molar-refractivity contribution < 1.29 is 32.2 Å². The highest BCUT2D eigenvalue weighted by Gasteiger charge is 2.30. The summed E-state index contributed by atoms with van der Waals surface area (Å²) in [6.45, 7) is -0.395. The van der Waals surface area contributed by atoms with E-state index in [1.807, 2.05) is 0 Å². The molecule has 0 aromatic heterocycles. The molecule has 25 heavy (non-hydrogen) atoms. The van der Waals surface area contributed by atoms with E-state index >= 15 is 0 Å². The van der Waals surface area contributed by atoms with E-state index in [-0.39, 0.29) is 5.69 Å². The highest BCUT2D eigenvalue weighted by atomic mass is 19.4. The first kappa shape index (κ1) is 18.3. The zero-order valence-corrected chi connectivity index (χ0v) is 13.1. The summed E-state index contributed by atoms with van der Waals surface area (Å²) in [5, 5.41) is 2.33. The second-order valence-electron chi connectivity index (χ2n) is 4.93. The largest absolute Gasteiger partial charge is 0.484 e. The summed E-state index contributed by atoms with van der Waals surface area (Å²) in [5.74, 6) is -0.794. The fourth-order valence-corrected chi connectivity index (χ4v) is 1.92. The van der Waals surface area contributed by atoms with E-state index in [1.165, 1.54) is 43.5 Å². The minimum Gasteiger partial charge on any atom is -0.484 e. The number of methoxy groups -OCH3 is 1. The van der Waals surface area contributed by atoms with Crippen LogP contribution in [0.5, 0.6) is 5.75 Å². The van der Waals surface area contributed by atoms with E-state index in [0.717, 1.165) is 12.1 Å². The Labute approximate surface area is 141 Å². The number of carbonyl (C=O) groups excluding carboxylic acids is 2. The molecule has 0 heterocycles. The number of nitrogens with one attached hydrogen (secondary N) is 1. The Balaban J connectivity index is 1.92. The second kappa shape index (κ2) is 7.69. The highest BCUT2D eigenvalue weighted by molar-refractivity contribution is 5.92. The van der Waals surface area contributed by atoms with Gasteiger partial charge in [0.05, 0.1) is 18.2 Å². The molecule has 0 spiro atoms. The zero-order valence-electron chi connectivity index (χ0n) is 13.1. The smallest absolute Gasteiger partial charge is 0.416 e. The Morgan fingerprint density at radius 2 is 1.76 bits per heavy atom. The predicted octanol–water partition coefficient (Wildman–Crippen LogP) is 3.51. The van der Waals surface area contributed by atoms with Gasteiger partial charge in [-0.05, 0) is 42.5 Å². The molecule has 0 aliphatic rings. The number of hydrogen-bond acceptors (Lipinski definition) is 4. The minimum atomic E-state index is -4.49. The van der Waals surface area contributed by atoms with Gasteiger partial charge < -0.3 is 14.8 Å². The van der Waals surface area contributed by atoms with Gasteiger partial charge in [0.25, 0.3) is 5.91 Å². The lowest BCUT2D eigenvalue weighted by Crippen LogP contribution is -2.20. The number of esters is 1. The van der Waals surface area contributed by atoms with E-state index in [0.29, 0.717) is 11.3 Å². The summed E-state index contributed by atoms with van der Waals surface area (Å²) in [6.07, 6.45) is -4.49. The molecule has 0 aliphatic heterocycles. The summed E-state index contributed by atoms with van der Waals surface area (Å²) < 4.78 is 47.6. The molecular weight excluding hydrogens is 339 g/mol. The molecule has 132 valence electrons. The first-order valence-electron chi connectivity index (χ1n) is 7.08. The quantitative estimate of drug-likeness (QED) is 0.836. The van der Waals surface area contributed by atoms with Crippen molar-refractivity contribution in [2.75, 3.05) is 19.0 Å². The van der Waals surface area contributed by atoms with Gasteiger partial charge in [-0.15, -0.1) is 0 Å². The number of halogens is 3. The lowest BCUT2D eigenvalue weighted by atomic mass is 10.2. The van der Waals surface area contributed by atoms with Crippen molar-refractivity contribution in [2.45, 2.75) is 6.18 Å². The van der Waals surface area contributed by atoms with Crippen molar-refractivity contribution in [3.05, 3.63) is 59.7 Å². The topological polar surface area (TPSA) is 64.6 Å². The Morgan fingerprint density at radius 1 is 1.08 bits per heavy atom. The maximum absolute atomic E-state index is 12.6. The SMILES string of the molecule is COC(=O)c1ccc(OCC(=O)Nc2cccc(C(F)(F)F)c2)cc1. The summed E-state index contributed by atoms with van der Waals surface area (Å²) in [4.78, 5) is 23.1. The molecule has 0 radical (unpaired) electrons. The molecule has 0 aliphatic carbocycles. The van der Waals surface area contributed by atoms with Gasteiger partial charge in [-0.1, -0.05) is 6.07 Å².